The second-order valence-corrected chi connectivity index (χ2v) is 3.89. The molecule has 82 valence electrons. The minimum atomic E-state index is -1.14. The van der Waals surface area contributed by atoms with E-state index in [4.69, 9.17) is 0 Å². The predicted molar refractivity (Wildman–Crippen MR) is 50.8 cm³/mol. The Hall–Kier alpha value is -1.03. The standard InChI is InChI=1S/C11H12F3N/c1-15-11(6-2-3-6)7-4-9(13)10(14)5-8(7)12/h4-6,11,15H,2-3H2,1H3. The monoisotopic (exact) mass is 215 g/mol. The van der Waals surface area contributed by atoms with Crippen LogP contribution in [0.1, 0.15) is 24.4 Å². The van der Waals surface area contributed by atoms with E-state index >= 15 is 0 Å². The van der Waals surface area contributed by atoms with Gasteiger partial charge in [0.25, 0.3) is 0 Å². The first-order valence-corrected chi connectivity index (χ1v) is 4.95. The van der Waals surface area contributed by atoms with Gasteiger partial charge >= 0.3 is 0 Å². The fraction of sp³-hybridized carbons (Fsp3) is 0.455. The fourth-order valence-corrected chi connectivity index (χ4v) is 1.85. The van der Waals surface area contributed by atoms with Crippen LogP contribution >= 0.6 is 0 Å². The molecule has 1 nitrogen and oxygen atoms in total. The molecule has 15 heavy (non-hydrogen) atoms. The molecule has 0 heterocycles. The summed E-state index contributed by atoms with van der Waals surface area (Å²) >= 11 is 0. The van der Waals surface area contributed by atoms with Gasteiger partial charge in [-0.15, -0.1) is 0 Å². The fourth-order valence-electron chi connectivity index (χ4n) is 1.85. The predicted octanol–water partition coefficient (Wildman–Crippen LogP) is 2.77. The number of hydrogen-bond donors (Lipinski definition) is 1. The van der Waals surface area contributed by atoms with Crippen molar-refractivity contribution in [2.45, 2.75) is 18.9 Å². The van der Waals surface area contributed by atoms with Crippen molar-refractivity contribution >= 4 is 0 Å². The maximum Gasteiger partial charge on any atom is 0.161 e. The normalized spacial score (nSPS) is 17.9. The van der Waals surface area contributed by atoms with Crippen molar-refractivity contribution in [2.24, 2.45) is 5.92 Å². The number of halogens is 3. The Morgan fingerprint density at radius 2 is 1.73 bits per heavy atom. The van der Waals surface area contributed by atoms with Crippen molar-refractivity contribution in [1.29, 1.82) is 0 Å². The van der Waals surface area contributed by atoms with Gasteiger partial charge in [0.1, 0.15) is 5.82 Å². The minimum Gasteiger partial charge on any atom is -0.313 e. The first-order valence-electron chi connectivity index (χ1n) is 4.95. The smallest absolute Gasteiger partial charge is 0.161 e. The van der Waals surface area contributed by atoms with Gasteiger partial charge in [-0.25, -0.2) is 13.2 Å². The molecule has 0 aliphatic heterocycles. The van der Waals surface area contributed by atoms with Crippen LogP contribution in [0.4, 0.5) is 13.2 Å². The molecule has 0 radical (unpaired) electrons. The van der Waals surface area contributed by atoms with Gasteiger partial charge in [-0.3, -0.25) is 0 Å². The van der Waals surface area contributed by atoms with Crippen molar-refractivity contribution in [3.63, 3.8) is 0 Å². The zero-order chi connectivity index (χ0) is 11.0. The maximum absolute atomic E-state index is 13.4. The molecular formula is C11H12F3N. The van der Waals surface area contributed by atoms with Crippen molar-refractivity contribution in [1.82, 2.24) is 5.32 Å². The summed E-state index contributed by atoms with van der Waals surface area (Å²) in [6, 6.07) is 1.35. The highest BCUT2D eigenvalue weighted by Gasteiger charge is 2.33. The lowest BCUT2D eigenvalue weighted by atomic mass is 10.0. The maximum atomic E-state index is 13.4. The second kappa shape index (κ2) is 3.85. The third-order valence-electron chi connectivity index (χ3n) is 2.78. The van der Waals surface area contributed by atoms with Crippen LogP contribution in [0.25, 0.3) is 0 Å². The largest absolute Gasteiger partial charge is 0.313 e. The molecule has 1 aliphatic rings. The zero-order valence-corrected chi connectivity index (χ0v) is 8.36. The van der Waals surface area contributed by atoms with Crippen LogP contribution in [0.3, 0.4) is 0 Å². The van der Waals surface area contributed by atoms with Gasteiger partial charge in [0, 0.05) is 17.7 Å². The summed E-state index contributed by atoms with van der Waals surface area (Å²) in [4.78, 5) is 0. The molecule has 4 heteroatoms. The van der Waals surface area contributed by atoms with Crippen molar-refractivity contribution in [3.8, 4) is 0 Å². The molecule has 1 fully saturated rings. The van der Waals surface area contributed by atoms with Crippen LogP contribution in [-0.4, -0.2) is 7.05 Å². The molecule has 1 unspecified atom stereocenters. The molecule has 1 aliphatic carbocycles. The zero-order valence-electron chi connectivity index (χ0n) is 8.36. The van der Waals surface area contributed by atoms with Crippen LogP contribution in [0, 0.1) is 23.4 Å². The molecule has 0 saturated heterocycles. The van der Waals surface area contributed by atoms with Gasteiger partial charge in [0.05, 0.1) is 0 Å². The van der Waals surface area contributed by atoms with Crippen molar-refractivity contribution < 1.29 is 13.2 Å². The van der Waals surface area contributed by atoms with E-state index in [1.54, 1.807) is 7.05 Å². The highest BCUT2D eigenvalue weighted by Crippen LogP contribution is 2.41. The Labute approximate surface area is 86.3 Å². The lowest BCUT2D eigenvalue weighted by Gasteiger charge is -2.16. The highest BCUT2D eigenvalue weighted by molar-refractivity contribution is 5.25. The minimum absolute atomic E-state index is 0.208. The number of hydrogen-bond acceptors (Lipinski definition) is 1. The van der Waals surface area contributed by atoms with E-state index in [0.717, 1.165) is 18.9 Å². The molecule has 0 spiro atoms. The number of benzene rings is 1. The van der Waals surface area contributed by atoms with E-state index in [1.165, 1.54) is 0 Å². The molecule has 1 aromatic rings. The number of rotatable bonds is 3. The molecule has 0 bridgehead atoms. The second-order valence-electron chi connectivity index (χ2n) is 3.89. The third-order valence-corrected chi connectivity index (χ3v) is 2.78. The summed E-state index contributed by atoms with van der Waals surface area (Å²) in [6.07, 6.45) is 2.01. The Kier molecular flexibility index (Phi) is 2.69. The summed E-state index contributed by atoms with van der Waals surface area (Å²) in [6.45, 7) is 0. The highest BCUT2D eigenvalue weighted by atomic mass is 19.2. The van der Waals surface area contributed by atoms with E-state index < -0.39 is 17.5 Å². The van der Waals surface area contributed by atoms with Crippen molar-refractivity contribution in [2.75, 3.05) is 7.05 Å². The average molecular weight is 215 g/mol. The molecule has 1 N–H and O–H groups in total. The quantitative estimate of drug-likeness (QED) is 0.764. The van der Waals surface area contributed by atoms with E-state index in [9.17, 15) is 13.2 Å². The Balaban J connectivity index is 2.37. The first kappa shape index (κ1) is 10.5. The summed E-state index contributed by atoms with van der Waals surface area (Å²) in [5, 5.41) is 2.94. The SMILES string of the molecule is CNC(c1cc(F)c(F)cc1F)C1CC1. The lowest BCUT2D eigenvalue weighted by Crippen LogP contribution is -2.20. The summed E-state index contributed by atoms with van der Waals surface area (Å²) in [5.41, 5.74) is 0.221. The van der Waals surface area contributed by atoms with E-state index in [1.807, 2.05) is 0 Å². The molecule has 0 amide bonds. The van der Waals surface area contributed by atoms with E-state index in [0.29, 0.717) is 12.0 Å². The summed E-state index contributed by atoms with van der Waals surface area (Å²) in [5.74, 6) is -2.47. The lowest BCUT2D eigenvalue weighted by molar-refractivity contribution is 0.459. The van der Waals surface area contributed by atoms with Gasteiger partial charge < -0.3 is 5.32 Å². The van der Waals surface area contributed by atoms with Crippen LogP contribution in [0.15, 0.2) is 12.1 Å². The molecule has 1 aromatic carbocycles. The van der Waals surface area contributed by atoms with Gasteiger partial charge in [0.2, 0.25) is 0 Å². The summed E-state index contributed by atoms with van der Waals surface area (Å²) < 4.78 is 39.1. The molecule has 1 atom stereocenters. The van der Waals surface area contributed by atoms with Gasteiger partial charge in [-0.2, -0.15) is 0 Å². The first-order chi connectivity index (χ1) is 7.13. The molecule has 2 rings (SSSR count). The summed E-state index contributed by atoms with van der Waals surface area (Å²) in [7, 11) is 1.70. The molecule has 0 aromatic heterocycles. The number of nitrogens with one attached hydrogen (secondary N) is 1. The average Bonchev–Trinajstić information content (AvgIpc) is 2.99. The van der Waals surface area contributed by atoms with Crippen LogP contribution in [0.2, 0.25) is 0 Å². The van der Waals surface area contributed by atoms with E-state index in [2.05, 4.69) is 5.32 Å². The van der Waals surface area contributed by atoms with Crippen LogP contribution in [-0.2, 0) is 0 Å². The van der Waals surface area contributed by atoms with Gasteiger partial charge in [-0.05, 0) is 31.9 Å². The topological polar surface area (TPSA) is 12.0 Å². The molecule has 1 saturated carbocycles. The van der Waals surface area contributed by atoms with E-state index in [-0.39, 0.29) is 11.6 Å². The molecular weight excluding hydrogens is 203 g/mol. The van der Waals surface area contributed by atoms with Crippen LogP contribution in [0.5, 0.6) is 0 Å². The van der Waals surface area contributed by atoms with Crippen LogP contribution < -0.4 is 5.32 Å². The Morgan fingerprint density at radius 3 is 2.27 bits per heavy atom. The van der Waals surface area contributed by atoms with Gasteiger partial charge in [0.15, 0.2) is 11.6 Å². The third kappa shape index (κ3) is 2.00. The Bertz CT molecular complexity index is 374. The van der Waals surface area contributed by atoms with Crippen molar-refractivity contribution in [3.05, 3.63) is 35.1 Å². The Morgan fingerprint density at radius 1 is 1.13 bits per heavy atom. The van der Waals surface area contributed by atoms with Gasteiger partial charge in [-0.1, -0.05) is 0 Å².